The Hall–Kier alpha value is -2.18. The highest BCUT2D eigenvalue weighted by atomic mass is 16.6. The van der Waals surface area contributed by atoms with E-state index in [1.165, 1.54) is 12.1 Å². The second-order valence-electron chi connectivity index (χ2n) is 4.65. The van der Waals surface area contributed by atoms with Crippen LogP contribution in [0.4, 0.5) is 11.4 Å². The molecule has 1 rings (SSSR count). The van der Waals surface area contributed by atoms with E-state index in [1.807, 2.05) is 27.2 Å². The first-order valence-corrected chi connectivity index (χ1v) is 6.85. The lowest BCUT2D eigenvalue weighted by Crippen LogP contribution is -2.35. The molecule has 0 N–H and O–H groups in total. The lowest BCUT2D eigenvalue weighted by atomic mass is 9.91. The molecule has 1 aromatic carbocycles. The van der Waals surface area contributed by atoms with Gasteiger partial charge in [0.15, 0.2) is 5.75 Å². The average Bonchev–Trinajstić information content (AvgIpc) is 2.46. The molecular formula is C14H19N2O5. The van der Waals surface area contributed by atoms with E-state index in [-0.39, 0.29) is 17.1 Å². The fraction of sp³-hybridized carbons (Fsp3) is 0.500. The first kappa shape index (κ1) is 16.9. The summed E-state index contributed by atoms with van der Waals surface area (Å²) in [5.74, 6) is 0.0546. The van der Waals surface area contributed by atoms with Gasteiger partial charge in [0.2, 0.25) is 0 Å². The van der Waals surface area contributed by atoms with Crippen molar-refractivity contribution in [1.82, 2.24) is 0 Å². The Morgan fingerprint density at radius 3 is 2.19 bits per heavy atom. The van der Waals surface area contributed by atoms with Crippen molar-refractivity contribution in [3.05, 3.63) is 44.8 Å². The molecule has 7 heteroatoms. The van der Waals surface area contributed by atoms with Crippen LogP contribution in [-0.4, -0.2) is 15.4 Å². The maximum absolute atomic E-state index is 11.1. The van der Waals surface area contributed by atoms with Crippen molar-refractivity contribution in [2.24, 2.45) is 0 Å². The molecule has 1 aromatic rings. The van der Waals surface area contributed by atoms with Gasteiger partial charge in [-0.1, -0.05) is 20.8 Å². The van der Waals surface area contributed by atoms with Gasteiger partial charge in [0.25, 0.3) is 5.69 Å². The molecule has 0 aliphatic heterocycles. The second-order valence-corrected chi connectivity index (χ2v) is 4.65. The van der Waals surface area contributed by atoms with Crippen molar-refractivity contribution < 1.29 is 14.6 Å². The quantitative estimate of drug-likeness (QED) is 0.532. The van der Waals surface area contributed by atoms with Gasteiger partial charge in [-0.15, -0.1) is 0 Å². The van der Waals surface area contributed by atoms with Crippen LogP contribution in [-0.2, 0) is 0 Å². The molecule has 0 heterocycles. The highest BCUT2D eigenvalue weighted by Crippen LogP contribution is 2.36. The number of nitro groups is 2. The summed E-state index contributed by atoms with van der Waals surface area (Å²) in [7, 11) is 0. The minimum atomic E-state index is -0.665. The predicted octanol–water partition coefficient (Wildman–Crippen LogP) is 4.05. The minimum Gasteiger partial charge on any atom is -0.480 e. The van der Waals surface area contributed by atoms with Crippen molar-refractivity contribution in [3.8, 4) is 5.75 Å². The van der Waals surface area contributed by atoms with Gasteiger partial charge in [-0.25, -0.2) is 0 Å². The molecule has 0 atom stereocenters. The van der Waals surface area contributed by atoms with E-state index in [0.717, 1.165) is 12.5 Å². The van der Waals surface area contributed by atoms with Crippen molar-refractivity contribution in [3.63, 3.8) is 0 Å². The van der Waals surface area contributed by atoms with E-state index in [1.54, 1.807) is 0 Å². The summed E-state index contributed by atoms with van der Waals surface area (Å²) < 4.78 is 5.85. The molecule has 0 saturated heterocycles. The van der Waals surface area contributed by atoms with E-state index in [2.05, 4.69) is 0 Å². The zero-order valence-corrected chi connectivity index (χ0v) is 12.4. The van der Waals surface area contributed by atoms with E-state index in [0.29, 0.717) is 12.8 Å². The highest BCUT2D eigenvalue weighted by Gasteiger charge is 2.31. The fourth-order valence-electron chi connectivity index (χ4n) is 2.16. The largest absolute Gasteiger partial charge is 0.480 e. The molecule has 0 aliphatic carbocycles. The summed E-state index contributed by atoms with van der Waals surface area (Å²) in [6, 6.07) is 3.43. The summed E-state index contributed by atoms with van der Waals surface area (Å²) in [5, 5.41) is 21.8. The van der Waals surface area contributed by atoms with Crippen molar-refractivity contribution in [2.45, 2.75) is 45.6 Å². The topological polar surface area (TPSA) is 95.5 Å². The van der Waals surface area contributed by atoms with Gasteiger partial charge < -0.3 is 4.74 Å². The van der Waals surface area contributed by atoms with Crippen molar-refractivity contribution in [1.29, 1.82) is 0 Å². The first-order valence-electron chi connectivity index (χ1n) is 6.85. The van der Waals surface area contributed by atoms with Crippen LogP contribution < -0.4 is 4.74 Å². The van der Waals surface area contributed by atoms with E-state index in [9.17, 15) is 20.2 Å². The van der Waals surface area contributed by atoms with Crippen LogP contribution in [0.15, 0.2) is 18.2 Å². The summed E-state index contributed by atoms with van der Waals surface area (Å²) in [6.45, 7) is 5.84. The summed E-state index contributed by atoms with van der Waals surface area (Å²) in [5.41, 5.74) is -1.32. The molecule has 0 fully saturated rings. The monoisotopic (exact) mass is 295 g/mol. The van der Waals surface area contributed by atoms with Crippen LogP contribution in [0.5, 0.6) is 5.75 Å². The number of non-ortho nitro benzene ring substituents is 1. The number of benzene rings is 1. The first-order chi connectivity index (χ1) is 9.89. The van der Waals surface area contributed by atoms with E-state index < -0.39 is 15.4 Å². The Morgan fingerprint density at radius 2 is 1.76 bits per heavy atom. The van der Waals surface area contributed by atoms with Gasteiger partial charge in [0.05, 0.1) is 15.9 Å². The van der Waals surface area contributed by atoms with Crippen LogP contribution >= 0.6 is 0 Å². The van der Waals surface area contributed by atoms with Gasteiger partial charge in [-0.05, 0) is 25.3 Å². The summed E-state index contributed by atoms with van der Waals surface area (Å²) >= 11 is 0. The Balaban J connectivity index is 3.23. The standard InChI is InChI=1S/C14H19N2O5/c1-4-9-14(5-2,6-3)21-13-8-7-11(15(17)18)10-12(13)16(19)20/h7-10H,4-6H2,1-3H3. The Bertz CT molecular complexity index is 526. The molecule has 115 valence electrons. The number of ether oxygens (including phenoxy) is 1. The molecule has 0 aromatic heterocycles. The third kappa shape index (κ3) is 3.90. The number of nitrogens with zero attached hydrogens (tertiary/aromatic N) is 2. The lowest BCUT2D eigenvalue weighted by Gasteiger charge is -2.32. The molecular weight excluding hydrogens is 276 g/mol. The van der Waals surface area contributed by atoms with Crippen LogP contribution in [0.1, 0.15) is 40.0 Å². The molecule has 0 aliphatic rings. The molecule has 1 radical (unpaired) electrons. The highest BCUT2D eigenvalue weighted by molar-refractivity contribution is 5.53. The number of hydrogen-bond donors (Lipinski definition) is 0. The van der Waals surface area contributed by atoms with E-state index in [4.69, 9.17) is 4.74 Å². The zero-order valence-electron chi connectivity index (χ0n) is 12.4. The maximum atomic E-state index is 11.1. The third-order valence-corrected chi connectivity index (χ3v) is 3.44. The van der Waals surface area contributed by atoms with Crippen LogP contribution in [0.3, 0.4) is 0 Å². The maximum Gasteiger partial charge on any atom is 0.317 e. The van der Waals surface area contributed by atoms with Crippen LogP contribution in [0.25, 0.3) is 0 Å². The third-order valence-electron chi connectivity index (χ3n) is 3.44. The molecule has 0 bridgehead atoms. The lowest BCUT2D eigenvalue weighted by molar-refractivity contribution is -0.395. The summed E-state index contributed by atoms with van der Waals surface area (Å²) in [4.78, 5) is 20.5. The Morgan fingerprint density at radius 1 is 1.14 bits per heavy atom. The van der Waals surface area contributed by atoms with Crippen molar-refractivity contribution >= 4 is 11.4 Å². The number of nitro benzene ring substituents is 2. The smallest absolute Gasteiger partial charge is 0.317 e. The number of hydrogen-bond acceptors (Lipinski definition) is 5. The molecule has 7 nitrogen and oxygen atoms in total. The van der Waals surface area contributed by atoms with Crippen LogP contribution in [0.2, 0.25) is 0 Å². The van der Waals surface area contributed by atoms with Gasteiger partial charge in [0, 0.05) is 12.5 Å². The second kappa shape index (κ2) is 7.01. The van der Waals surface area contributed by atoms with Crippen molar-refractivity contribution in [2.75, 3.05) is 0 Å². The van der Waals surface area contributed by atoms with Gasteiger partial charge in [-0.3, -0.25) is 20.2 Å². The predicted molar refractivity (Wildman–Crippen MR) is 78.3 cm³/mol. The molecule has 0 unspecified atom stereocenters. The Labute approximate surface area is 123 Å². The van der Waals surface area contributed by atoms with E-state index >= 15 is 0 Å². The normalized spacial score (nSPS) is 11.2. The molecule has 0 saturated carbocycles. The minimum absolute atomic E-state index is 0.0546. The summed E-state index contributed by atoms with van der Waals surface area (Å²) in [6.07, 6.45) is 4.05. The number of rotatable bonds is 8. The zero-order chi connectivity index (χ0) is 16.0. The molecule has 0 amide bonds. The molecule has 0 spiro atoms. The molecule has 21 heavy (non-hydrogen) atoms. The fourth-order valence-corrected chi connectivity index (χ4v) is 2.16. The average molecular weight is 295 g/mol. The van der Waals surface area contributed by atoms with Gasteiger partial charge in [0.1, 0.15) is 5.60 Å². The SMILES string of the molecule is CC[CH]C(CC)(CC)Oc1ccc([N+](=O)[O-])cc1[N+](=O)[O-]. The van der Waals surface area contributed by atoms with Crippen LogP contribution in [0, 0.1) is 26.6 Å². The van der Waals surface area contributed by atoms with Gasteiger partial charge in [-0.2, -0.15) is 0 Å². The Kier molecular flexibility index (Phi) is 5.63. The van der Waals surface area contributed by atoms with Gasteiger partial charge >= 0.3 is 5.69 Å².